The van der Waals surface area contributed by atoms with Gasteiger partial charge in [0.05, 0.1) is 10.6 Å². The Morgan fingerprint density at radius 1 is 1.00 bits per heavy atom. The number of carbonyl (C=O) groups excluding carboxylic acids is 2. The second-order valence-electron chi connectivity index (χ2n) is 7.85. The van der Waals surface area contributed by atoms with Crippen LogP contribution in [-0.4, -0.2) is 44.8 Å². The number of nitrogens with one attached hydrogen (secondary N) is 1. The van der Waals surface area contributed by atoms with E-state index in [-0.39, 0.29) is 17.1 Å². The van der Waals surface area contributed by atoms with Crippen molar-refractivity contribution in [1.82, 2.24) is 10.2 Å². The second-order valence-corrected chi connectivity index (χ2v) is 10.6. The maximum Gasteiger partial charge on any atom is 0.264 e. The molecular weight excluding hydrogens is 528 g/mol. The van der Waals surface area contributed by atoms with E-state index in [0.717, 1.165) is 28.6 Å². The monoisotopic (exact) mass is 551 g/mol. The van der Waals surface area contributed by atoms with Crippen LogP contribution in [0.15, 0.2) is 77.7 Å². The first-order chi connectivity index (χ1) is 17.0. The highest BCUT2D eigenvalue weighted by molar-refractivity contribution is 7.92. The molecule has 0 aliphatic rings. The Morgan fingerprint density at radius 3 is 2.22 bits per heavy atom. The number of anilines is 1. The van der Waals surface area contributed by atoms with E-state index in [1.165, 1.54) is 37.1 Å². The Balaban J connectivity index is 2.02. The van der Waals surface area contributed by atoms with Gasteiger partial charge in [-0.1, -0.05) is 47.5 Å². The SMILES string of the molecule is CNC(=O)[C@@H](C)N(Cc1ccc(Cl)cc1Cl)C(=O)CN(c1ccccc1)S(=O)(=O)c1ccc(F)cc1. The molecule has 0 saturated carbocycles. The summed E-state index contributed by atoms with van der Waals surface area (Å²) >= 11 is 12.3. The Morgan fingerprint density at radius 2 is 1.64 bits per heavy atom. The summed E-state index contributed by atoms with van der Waals surface area (Å²) in [5.41, 5.74) is 0.755. The first-order valence-corrected chi connectivity index (χ1v) is 13.0. The number of rotatable bonds is 9. The third kappa shape index (κ3) is 6.34. The van der Waals surface area contributed by atoms with Crippen LogP contribution in [0.5, 0.6) is 0 Å². The van der Waals surface area contributed by atoms with E-state index in [1.54, 1.807) is 30.3 Å². The Kier molecular flexibility index (Phi) is 8.94. The summed E-state index contributed by atoms with van der Waals surface area (Å²) in [5.74, 6) is -1.69. The number of nitrogens with zero attached hydrogens (tertiary/aromatic N) is 2. The van der Waals surface area contributed by atoms with Crippen LogP contribution >= 0.6 is 23.2 Å². The van der Waals surface area contributed by atoms with Crippen LogP contribution in [0.25, 0.3) is 0 Å². The fourth-order valence-corrected chi connectivity index (χ4v) is 5.36. The molecule has 190 valence electrons. The van der Waals surface area contributed by atoms with E-state index >= 15 is 0 Å². The second kappa shape index (κ2) is 11.7. The lowest BCUT2D eigenvalue weighted by atomic mass is 10.1. The minimum absolute atomic E-state index is 0.0668. The maximum atomic E-state index is 13.6. The van der Waals surface area contributed by atoms with Gasteiger partial charge in [-0.25, -0.2) is 12.8 Å². The fraction of sp³-hybridized carbons (Fsp3) is 0.200. The molecule has 3 aromatic rings. The van der Waals surface area contributed by atoms with Crippen LogP contribution in [0.3, 0.4) is 0 Å². The van der Waals surface area contributed by atoms with Crippen molar-refractivity contribution in [3.8, 4) is 0 Å². The molecule has 36 heavy (non-hydrogen) atoms. The van der Waals surface area contributed by atoms with Gasteiger partial charge in [0, 0.05) is 23.6 Å². The summed E-state index contributed by atoms with van der Waals surface area (Å²) in [5, 5.41) is 3.20. The average molecular weight is 552 g/mol. The van der Waals surface area contributed by atoms with E-state index in [4.69, 9.17) is 23.2 Å². The van der Waals surface area contributed by atoms with E-state index in [2.05, 4.69) is 5.32 Å². The van der Waals surface area contributed by atoms with Gasteiger partial charge in [0.25, 0.3) is 10.0 Å². The molecule has 1 N–H and O–H groups in total. The van der Waals surface area contributed by atoms with Crippen LogP contribution in [0.1, 0.15) is 12.5 Å². The van der Waals surface area contributed by atoms with Gasteiger partial charge in [0.15, 0.2) is 0 Å². The number of amides is 2. The normalized spacial score (nSPS) is 12.0. The molecule has 0 aliphatic heterocycles. The molecule has 7 nitrogen and oxygen atoms in total. The summed E-state index contributed by atoms with van der Waals surface area (Å²) in [7, 11) is -2.83. The molecule has 0 aromatic heterocycles. The lowest BCUT2D eigenvalue weighted by molar-refractivity contribution is -0.139. The number of hydrogen-bond donors (Lipinski definition) is 1. The molecular formula is C25H24Cl2FN3O4S. The molecule has 0 radical (unpaired) electrons. The Bertz CT molecular complexity index is 1340. The number of sulfonamides is 1. The highest BCUT2D eigenvalue weighted by Crippen LogP contribution is 2.26. The average Bonchev–Trinajstić information content (AvgIpc) is 2.86. The van der Waals surface area contributed by atoms with Gasteiger partial charge in [0.1, 0.15) is 18.4 Å². The molecule has 1 atom stereocenters. The standard InChI is InChI=1S/C25H24Cl2FN3O4S/c1-17(25(33)29-2)30(15-18-8-9-19(26)14-23(18)27)24(32)16-31(21-6-4-3-5-7-21)36(34,35)22-12-10-20(28)11-13-22/h3-14,17H,15-16H2,1-2H3,(H,29,33)/t17-/m1/s1. The summed E-state index contributed by atoms with van der Waals surface area (Å²) in [6.07, 6.45) is 0. The molecule has 0 fully saturated rings. The molecule has 0 saturated heterocycles. The largest absolute Gasteiger partial charge is 0.357 e. The molecule has 0 heterocycles. The van der Waals surface area contributed by atoms with E-state index in [9.17, 15) is 22.4 Å². The Labute approximate surface area is 219 Å². The number of para-hydroxylation sites is 1. The van der Waals surface area contributed by atoms with Crippen molar-refractivity contribution in [2.45, 2.75) is 24.4 Å². The minimum atomic E-state index is -4.26. The van der Waals surface area contributed by atoms with Crippen molar-refractivity contribution in [2.75, 3.05) is 17.9 Å². The van der Waals surface area contributed by atoms with Crippen LogP contribution in [0, 0.1) is 5.82 Å². The molecule has 2 amide bonds. The van der Waals surface area contributed by atoms with Gasteiger partial charge in [0.2, 0.25) is 11.8 Å². The van der Waals surface area contributed by atoms with Crippen LogP contribution < -0.4 is 9.62 Å². The van der Waals surface area contributed by atoms with Crippen LogP contribution in [0.2, 0.25) is 10.0 Å². The predicted octanol–water partition coefficient (Wildman–Crippen LogP) is 4.49. The summed E-state index contributed by atoms with van der Waals surface area (Å²) < 4.78 is 41.4. The maximum absolute atomic E-state index is 13.6. The first-order valence-electron chi connectivity index (χ1n) is 10.8. The van der Waals surface area contributed by atoms with Crippen molar-refractivity contribution >= 4 is 50.7 Å². The lowest BCUT2D eigenvalue weighted by Crippen LogP contribution is -2.50. The van der Waals surface area contributed by atoms with Gasteiger partial charge in [-0.3, -0.25) is 13.9 Å². The van der Waals surface area contributed by atoms with Crippen molar-refractivity contribution in [3.63, 3.8) is 0 Å². The number of halogens is 3. The van der Waals surface area contributed by atoms with Gasteiger partial charge < -0.3 is 10.2 Å². The summed E-state index contributed by atoms with van der Waals surface area (Å²) in [6, 6.07) is 16.2. The third-order valence-corrected chi connectivity index (χ3v) is 7.87. The highest BCUT2D eigenvalue weighted by atomic mass is 35.5. The first kappa shape index (κ1) is 27.4. The molecule has 3 rings (SSSR count). The topological polar surface area (TPSA) is 86.8 Å². The van der Waals surface area contributed by atoms with Crippen molar-refractivity contribution < 1.29 is 22.4 Å². The molecule has 0 unspecified atom stereocenters. The number of carbonyl (C=O) groups is 2. The number of hydrogen-bond acceptors (Lipinski definition) is 4. The quantitative estimate of drug-likeness (QED) is 0.424. The van der Waals surface area contributed by atoms with E-state index < -0.39 is 40.2 Å². The van der Waals surface area contributed by atoms with Gasteiger partial charge >= 0.3 is 0 Å². The Hall–Kier alpha value is -3.14. The van der Waals surface area contributed by atoms with Gasteiger partial charge in [-0.05, 0) is 61.0 Å². The van der Waals surface area contributed by atoms with Gasteiger partial charge in [-0.2, -0.15) is 0 Å². The molecule has 11 heteroatoms. The summed E-state index contributed by atoms with van der Waals surface area (Å²) in [4.78, 5) is 27.1. The smallest absolute Gasteiger partial charge is 0.264 e. The van der Waals surface area contributed by atoms with E-state index in [0.29, 0.717) is 15.6 Å². The number of benzene rings is 3. The molecule has 0 aliphatic carbocycles. The van der Waals surface area contributed by atoms with Crippen molar-refractivity contribution in [2.24, 2.45) is 0 Å². The zero-order chi connectivity index (χ0) is 26.5. The van der Waals surface area contributed by atoms with Gasteiger partial charge in [-0.15, -0.1) is 0 Å². The lowest BCUT2D eigenvalue weighted by Gasteiger charge is -2.32. The zero-order valence-electron chi connectivity index (χ0n) is 19.5. The van der Waals surface area contributed by atoms with E-state index in [1.807, 2.05) is 0 Å². The third-order valence-electron chi connectivity index (χ3n) is 5.49. The zero-order valence-corrected chi connectivity index (χ0v) is 21.8. The highest BCUT2D eigenvalue weighted by Gasteiger charge is 2.32. The molecule has 0 bridgehead atoms. The predicted molar refractivity (Wildman–Crippen MR) is 138 cm³/mol. The van der Waals surface area contributed by atoms with Crippen LogP contribution in [-0.2, 0) is 26.2 Å². The van der Waals surface area contributed by atoms with Crippen molar-refractivity contribution in [1.29, 1.82) is 0 Å². The summed E-state index contributed by atoms with van der Waals surface area (Å²) in [6.45, 7) is 0.848. The number of likely N-dealkylation sites (N-methyl/N-ethyl adjacent to an activating group) is 1. The minimum Gasteiger partial charge on any atom is -0.357 e. The molecule has 0 spiro atoms. The van der Waals surface area contributed by atoms with Crippen molar-refractivity contribution in [3.05, 3.63) is 94.2 Å². The fourth-order valence-electron chi connectivity index (χ4n) is 3.48. The van der Waals surface area contributed by atoms with Crippen LogP contribution in [0.4, 0.5) is 10.1 Å². The molecule has 3 aromatic carbocycles.